The molecule has 1 N–H and O–H groups in total. The van der Waals surface area contributed by atoms with Crippen LogP contribution in [0.1, 0.15) is 58.1 Å². The van der Waals surface area contributed by atoms with Crippen molar-refractivity contribution in [1.29, 1.82) is 0 Å². The summed E-state index contributed by atoms with van der Waals surface area (Å²) in [7, 11) is -3.92. The molecular weight excluding hydrogens is 516 g/mol. The third-order valence-electron chi connectivity index (χ3n) is 7.38. The van der Waals surface area contributed by atoms with Gasteiger partial charge >= 0.3 is 0 Å². The number of rotatable bonds is 13. The Kier molecular flexibility index (Phi) is 9.99. The molecule has 3 aromatic carbocycles. The van der Waals surface area contributed by atoms with E-state index in [1.165, 1.54) is 45.6 Å². The molecule has 40 heavy (non-hydrogen) atoms. The molecule has 0 fully saturated rings. The van der Waals surface area contributed by atoms with Crippen molar-refractivity contribution in [3.05, 3.63) is 84.2 Å². The minimum atomic E-state index is -3.92. The van der Waals surface area contributed by atoms with E-state index < -0.39 is 10.1 Å². The van der Waals surface area contributed by atoms with Crippen LogP contribution in [0.25, 0.3) is 33.7 Å². The van der Waals surface area contributed by atoms with Crippen molar-refractivity contribution in [2.24, 2.45) is 11.8 Å². The number of anilines is 1. The minimum absolute atomic E-state index is 0.230. The number of fused-ring (bicyclic) bond motifs is 3. The van der Waals surface area contributed by atoms with Crippen LogP contribution in [0.5, 0.6) is 0 Å². The van der Waals surface area contributed by atoms with Gasteiger partial charge in [0.1, 0.15) is 6.54 Å². The van der Waals surface area contributed by atoms with Gasteiger partial charge in [-0.25, -0.2) is 4.57 Å². The van der Waals surface area contributed by atoms with Crippen LogP contribution in [0.2, 0.25) is 0 Å². The summed E-state index contributed by atoms with van der Waals surface area (Å²) in [5.74, 6) is 1.13. The standard InChI is InChI=1S/C34H42N2O3S/c1-26(2)14-21-36(22-15-27(3)4)31-13-12-30-24-29(32-8-5-6-9-33(32)34(30)25-31)11-10-28-16-19-35(20-17-28)18-7-23-40(37,38)39/h5-6,8-13,16-17,19-20,24-27H,7,14-15,18,21-23H2,1-4H3/p+1. The highest BCUT2D eigenvalue weighted by molar-refractivity contribution is 7.85. The first-order valence-corrected chi connectivity index (χ1v) is 16.0. The summed E-state index contributed by atoms with van der Waals surface area (Å²) in [5.41, 5.74) is 3.55. The Labute approximate surface area is 239 Å². The lowest BCUT2D eigenvalue weighted by molar-refractivity contribution is -0.696. The topological polar surface area (TPSA) is 61.5 Å². The Morgan fingerprint density at radius 2 is 1.48 bits per heavy atom. The molecule has 0 unspecified atom stereocenters. The van der Waals surface area contributed by atoms with Gasteiger partial charge in [-0.05, 0) is 75.5 Å². The second-order valence-electron chi connectivity index (χ2n) is 11.6. The molecule has 212 valence electrons. The predicted molar refractivity (Wildman–Crippen MR) is 169 cm³/mol. The van der Waals surface area contributed by atoms with Gasteiger partial charge in [-0.3, -0.25) is 4.55 Å². The molecular formula is C34H43N2O3S+. The highest BCUT2D eigenvalue weighted by Gasteiger charge is 2.12. The average molecular weight is 560 g/mol. The number of aromatic nitrogens is 1. The van der Waals surface area contributed by atoms with Gasteiger partial charge in [-0.2, -0.15) is 8.42 Å². The molecule has 6 heteroatoms. The normalized spacial score (nSPS) is 12.4. The minimum Gasteiger partial charge on any atom is -0.371 e. The van der Waals surface area contributed by atoms with Crippen molar-refractivity contribution in [2.75, 3.05) is 23.7 Å². The van der Waals surface area contributed by atoms with Crippen LogP contribution in [0.4, 0.5) is 5.69 Å². The Bertz CT molecular complexity index is 1550. The highest BCUT2D eigenvalue weighted by atomic mass is 32.2. The first-order valence-electron chi connectivity index (χ1n) is 14.4. The van der Waals surface area contributed by atoms with Gasteiger partial charge in [0.05, 0.1) is 5.75 Å². The number of pyridine rings is 1. The molecule has 0 amide bonds. The summed E-state index contributed by atoms with van der Waals surface area (Å²) in [6, 6.07) is 21.9. The zero-order chi connectivity index (χ0) is 28.7. The van der Waals surface area contributed by atoms with E-state index >= 15 is 0 Å². The summed E-state index contributed by atoms with van der Waals surface area (Å²) >= 11 is 0. The van der Waals surface area contributed by atoms with Crippen LogP contribution in [-0.2, 0) is 16.7 Å². The summed E-state index contributed by atoms with van der Waals surface area (Å²) < 4.78 is 32.8. The van der Waals surface area contributed by atoms with Crippen molar-refractivity contribution in [2.45, 2.75) is 53.5 Å². The van der Waals surface area contributed by atoms with Crippen LogP contribution < -0.4 is 9.47 Å². The van der Waals surface area contributed by atoms with Gasteiger partial charge in [0, 0.05) is 37.3 Å². The maximum atomic E-state index is 10.9. The summed E-state index contributed by atoms with van der Waals surface area (Å²) in [5, 5.41) is 5.02. The number of hydrogen-bond acceptors (Lipinski definition) is 3. The lowest BCUT2D eigenvalue weighted by Gasteiger charge is -2.27. The van der Waals surface area contributed by atoms with Crippen LogP contribution in [0, 0.1) is 11.8 Å². The molecule has 1 heterocycles. The molecule has 0 saturated carbocycles. The Morgan fingerprint density at radius 3 is 2.10 bits per heavy atom. The third kappa shape index (κ3) is 8.39. The van der Waals surface area contributed by atoms with Gasteiger partial charge in [-0.1, -0.05) is 70.2 Å². The molecule has 0 atom stereocenters. The largest absolute Gasteiger partial charge is 0.371 e. The lowest BCUT2D eigenvalue weighted by Crippen LogP contribution is -2.33. The number of hydrogen-bond donors (Lipinski definition) is 1. The van der Waals surface area contributed by atoms with Gasteiger partial charge in [0.2, 0.25) is 0 Å². The maximum absolute atomic E-state index is 10.9. The van der Waals surface area contributed by atoms with Crippen molar-refractivity contribution < 1.29 is 17.5 Å². The molecule has 1 aromatic heterocycles. The zero-order valence-corrected chi connectivity index (χ0v) is 25.1. The first kappa shape index (κ1) is 29.8. The second kappa shape index (κ2) is 13.4. The molecule has 0 aliphatic rings. The van der Waals surface area contributed by atoms with E-state index in [-0.39, 0.29) is 5.75 Å². The predicted octanol–water partition coefficient (Wildman–Crippen LogP) is 7.63. The second-order valence-corrected chi connectivity index (χ2v) is 13.2. The van der Waals surface area contributed by atoms with Crippen LogP contribution in [-0.4, -0.2) is 31.8 Å². The molecule has 0 bridgehead atoms. The number of nitrogens with zero attached hydrogens (tertiary/aromatic N) is 2. The van der Waals surface area contributed by atoms with E-state index in [1.807, 2.05) is 29.1 Å². The summed E-state index contributed by atoms with van der Waals surface area (Å²) in [6.45, 7) is 11.9. The molecule has 0 radical (unpaired) electrons. The van der Waals surface area contributed by atoms with E-state index in [0.717, 1.165) is 18.7 Å². The van der Waals surface area contributed by atoms with Crippen molar-refractivity contribution in [3.63, 3.8) is 0 Å². The molecule has 0 saturated heterocycles. The monoisotopic (exact) mass is 559 g/mol. The molecule has 4 rings (SSSR count). The average Bonchev–Trinajstić information content (AvgIpc) is 2.91. The summed E-state index contributed by atoms with van der Waals surface area (Å²) in [6.07, 6.45) is 10.9. The molecule has 0 spiro atoms. The van der Waals surface area contributed by atoms with Crippen molar-refractivity contribution in [3.8, 4) is 0 Å². The van der Waals surface area contributed by atoms with E-state index in [2.05, 4.69) is 93.3 Å². The van der Waals surface area contributed by atoms with E-state index in [1.54, 1.807) is 0 Å². The third-order valence-corrected chi connectivity index (χ3v) is 8.19. The first-order chi connectivity index (χ1) is 19.1. The summed E-state index contributed by atoms with van der Waals surface area (Å²) in [4.78, 5) is 2.56. The quantitative estimate of drug-likeness (QED) is 0.104. The van der Waals surface area contributed by atoms with Gasteiger partial charge in [0.25, 0.3) is 10.1 Å². The SMILES string of the molecule is CC(C)CCN(CCC(C)C)c1ccc2cc(/C=C/c3cc[n+](CCCS(=O)(=O)O)cc3)c3ccccc3c2c1. The van der Waals surface area contributed by atoms with Crippen LogP contribution >= 0.6 is 0 Å². The fourth-order valence-corrected chi connectivity index (χ4v) is 5.49. The fourth-order valence-electron chi connectivity index (χ4n) is 5.00. The number of aryl methyl sites for hydroxylation is 1. The Morgan fingerprint density at radius 1 is 0.825 bits per heavy atom. The Hall–Kier alpha value is -3.22. The fraction of sp³-hybridized carbons (Fsp3) is 0.382. The number of benzene rings is 3. The van der Waals surface area contributed by atoms with E-state index in [0.29, 0.717) is 24.8 Å². The van der Waals surface area contributed by atoms with Crippen LogP contribution in [0.15, 0.2) is 73.1 Å². The van der Waals surface area contributed by atoms with Crippen molar-refractivity contribution >= 4 is 49.5 Å². The molecule has 0 aliphatic carbocycles. The van der Waals surface area contributed by atoms with E-state index in [9.17, 15) is 8.42 Å². The van der Waals surface area contributed by atoms with Gasteiger partial charge < -0.3 is 4.90 Å². The Balaban J connectivity index is 1.61. The van der Waals surface area contributed by atoms with Crippen molar-refractivity contribution in [1.82, 2.24) is 0 Å². The highest BCUT2D eigenvalue weighted by Crippen LogP contribution is 2.33. The zero-order valence-electron chi connectivity index (χ0n) is 24.3. The van der Waals surface area contributed by atoms with E-state index in [4.69, 9.17) is 4.55 Å². The van der Waals surface area contributed by atoms with Gasteiger partial charge in [0.15, 0.2) is 12.4 Å². The van der Waals surface area contributed by atoms with Crippen LogP contribution in [0.3, 0.4) is 0 Å². The maximum Gasteiger partial charge on any atom is 0.265 e. The lowest BCUT2D eigenvalue weighted by atomic mass is 9.96. The smallest absolute Gasteiger partial charge is 0.265 e. The molecule has 5 nitrogen and oxygen atoms in total. The van der Waals surface area contributed by atoms with Gasteiger partial charge in [-0.15, -0.1) is 0 Å². The molecule has 4 aromatic rings. The molecule has 0 aliphatic heterocycles.